The number of nitrogens with one attached hydrogen (secondary N) is 1. The van der Waals surface area contributed by atoms with E-state index in [-0.39, 0.29) is 16.7 Å². The summed E-state index contributed by atoms with van der Waals surface area (Å²) in [6.45, 7) is 5.54. The molecule has 0 atom stereocenters. The van der Waals surface area contributed by atoms with E-state index in [0.29, 0.717) is 5.69 Å². The van der Waals surface area contributed by atoms with Crippen LogP contribution in [0.2, 0.25) is 0 Å². The Morgan fingerprint density at radius 1 is 0.941 bits per heavy atom. The van der Waals surface area contributed by atoms with E-state index >= 15 is 0 Å². The summed E-state index contributed by atoms with van der Waals surface area (Å²) in [4.78, 5) is 16.3. The minimum absolute atomic E-state index is 0.0822. The minimum Gasteiger partial charge on any atom is -0.385 e. The summed E-state index contributed by atoms with van der Waals surface area (Å²) in [6, 6.07) is 25.3. The van der Waals surface area contributed by atoms with Crippen LogP contribution in [0.4, 0.5) is 17.1 Å². The molecule has 0 aliphatic carbocycles. The predicted octanol–water partition coefficient (Wildman–Crippen LogP) is 4.95. The van der Waals surface area contributed by atoms with Gasteiger partial charge in [0.2, 0.25) is 0 Å². The van der Waals surface area contributed by atoms with Crippen molar-refractivity contribution >= 4 is 17.1 Å². The van der Waals surface area contributed by atoms with Crippen LogP contribution in [0.3, 0.4) is 0 Å². The van der Waals surface area contributed by atoms with E-state index in [1.165, 1.54) is 0 Å². The maximum absolute atomic E-state index is 11.9. The third-order valence-electron chi connectivity index (χ3n) is 6.30. The van der Waals surface area contributed by atoms with Gasteiger partial charge >= 0.3 is 0 Å². The molecule has 1 fully saturated rings. The molecule has 0 radical (unpaired) electrons. The Labute approximate surface area is 201 Å². The highest BCUT2D eigenvalue weighted by Crippen LogP contribution is 2.35. The fourth-order valence-corrected chi connectivity index (χ4v) is 4.46. The number of rotatable bonds is 10. The first-order chi connectivity index (χ1) is 16.7. The molecule has 1 aliphatic rings. The van der Waals surface area contributed by atoms with Crippen LogP contribution in [0.1, 0.15) is 23.6 Å². The van der Waals surface area contributed by atoms with Gasteiger partial charge in [-0.15, -0.1) is 0 Å². The molecule has 1 saturated heterocycles. The molecule has 3 aromatic rings. The Morgan fingerprint density at radius 3 is 2.12 bits per heavy atom. The quantitative estimate of drug-likeness (QED) is 0.262. The number of piperazine rings is 1. The average Bonchev–Trinajstić information content (AvgIpc) is 2.88. The molecule has 0 unspecified atom stereocenters. The van der Waals surface area contributed by atoms with Gasteiger partial charge in [0.05, 0.1) is 11.0 Å². The molecule has 1 aliphatic heterocycles. The van der Waals surface area contributed by atoms with Crippen molar-refractivity contribution in [3.63, 3.8) is 0 Å². The molecule has 178 valence electrons. The summed E-state index contributed by atoms with van der Waals surface area (Å²) in [6.07, 6.45) is 1.03. The molecule has 0 spiro atoms. The number of nitro groups is 1. The number of ether oxygens (including phenoxy) is 1. The van der Waals surface area contributed by atoms with Crippen LogP contribution in [0.5, 0.6) is 0 Å². The van der Waals surface area contributed by atoms with Crippen molar-refractivity contribution in [1.82, 2.24) is 4.90 Å². The summed E-state index contributed by atoms with van der Waals surface area (Å²) in [5.74, 6) is 0. The van der Waals surface area contributed by atoms with Gasteiger partial charge in [-0.05, 0) is 29.7 Å². The van der Waals surface area contributed by atoms with Gasteiger partial charge in [-0.3, -0.25) is 15.0 Å². The van der Waals surface area contributed by atoms with Gasteiger partial charge in [-0.2, -0.15) is 0 Å². The van der Waals surface area contributed by atoms with Gasteiger partial charge in [-0.25, -0.2) is 0 Å². The second-order valence-electron chi connectivity index (χ2n) is 8.53. The highest BCUT2D eigenvalue weighted by molar-refractivity contribution is 5.70. The number of anilines is 2. The first-order valence-corrected chi connectivity index (χ1v) is 11.8. The number of hydrogen-bond donors (Lipinski definition) is 1. The molecule has 1 heterocycles. The van der Waals surface area contributed by atoms with Crippen molar-refractivity contribution < 1.29 is 9.66 Å². The Bertz CT molecular complexity index is 1010. The van der Waals surface area contributed by atoms with Crippen LogP contribution in [0.25, 0.3) is 0 Å². The smallest absolute Gasteiger partial charge is 0.292 e. The fourth-order valence-electron chi connectivity index (χ4n) is 4.46. The number of methoxy groups -OCH3 is 1. The normalized spacial score (nSPS) is 14.4. The van der Waals surface area contributed by atoms with Crippen LogP contribution in [-0.4, -0.2) is 56.3 Å². The summed E-state index contributed by atoms with van der Waals surface area (Å²) in [7, 11) is 1.73. The number of hydrogen-bond acceptors (Lipinski definition) is 6. The van der Waals surface area contributed by atoms with Crippen LogP contribution in [-0.2, 0) is 4.74 Å². The van der Waals surface area contributed by atoms with E-state index < -0.39 is 0 Å². The van der Waals surface area contributed by atoms with E-state index in [9.17, 15) is 10.1 Å². The third kappa shape index (κ3) is 5.92. The van der Waals surface area contributed by atoms with Gasteiger partial charge in [0, 0.05) is 58.2 Å². The maximum Gasteiger partial charge on any atom is 0.292 e. The topological polar surface area (TPSA) is 70.9 Å². The SMILES string of the molecule is COCCCN1CCN(c2ccc([N+](=O)[O-])c(NC(c3ccccc3)c3ccccc3)c2)CC1. The zero-order valence-corrected chi connectivity index (χ0v) is 19.6. The van der Waals surface area contributed by atoms with Crippen LogP contribution in [0.15, 0.2) is 78.9 Å². The zero-order valence-electron chi connectivity index (χ0n) is 19.6. The minimum atomic E-state index is -0.313. The molecule has 7 nitrogen and oxygen atoms in total. The van der Waals surface area contributed by atoms with Gasteiger partial charge < -0.3 is 15.0 Å². The molecular formula is C27H32N4O3. The molecule has 0 aromatic heterocycles. The van der Waals surface area contributed by atoms with Gasteiger partial charge in [0.25, 0.3) is 5.69 Å². The first-order valence-electron chi connectivity index (χ1n) is 11.8. The second kappa shape index (κ2) is 11.6. The lowest BCUT2D eigenvalue weighted by Crippen LogP contribution is -2.46. The van der Waals surface area contributed by atoms with E-state index in [4.69, 9.17) is 4.74 Å². The van der Waals surface area contributed by atoms with E-state index in [1.54, 1.807) is 13.2 Å². The van der Waals surface area contributed by atoms with Crippen molar-refractivity contribution in [2.24, 2.45) is 0 Å². The molecule has 3 aromatic carbocycles. The monoisotopic (exact) mass is 460 g/mol. The van der Waals surface area contributed by atoms with Crippen molar-refractivity contribution in [2.45, 2.75) is 12.5 Å². The van der Waals surface area contributed by atoms with Gasteiger partial charge in [0.1, 0.15) is 5.69 Å². The van der Waals surface area contributed by atoms with Crippen molar-refractivity contribution in [3.05, 3.63) is 100 Å². The number of nitro benzene ring substituents is 1. The molecule has 4 rings (SSSR count). The highest BCUT2D eigenvalue weighted by Gasteiger charge is 2.23. The average molecular weight is 461 g/mol. The standard InChI is InChI=1S/C27H32N4O3/c1-34-20-8-15-29-16-18-30(19-17-29)24-13-14-26(31(32)33)25(21-24)28-27(22-9-4-2-5-10-22)23-11-6-3-7-12-23/h2-7,9-14,21,27-28H,8,15-20H2,1H3. The largest absolute Gasteiger partial charge is 0.385 e. The van der Waals surface area contributed by atoms with E-state index in [2.05, 4.69) is 15.1 Å². The highest BCUT2D eigenvalue weighted by atomic mass is 16.6. The van der Waals surface area contributed by atoms with E-state index in [1.807, 2.05) is 72.8 Å². The Kier molecular flexibility index (Phi) is 8.12. The Balaban J connectivity index is 1.57. The molecule has 1 N–H and O–H groups in total. The summed E-state index contributed by atoms with van der Waals surface area (Å²) < 4.78 is 5.16. The summed E-state index contributed by atoms with van der Waals surface area (Å²) in [5, 5.41) is 15.4. The van der Waals surface area contributed by atoms with Crippen LogP contribution >= 0.6 is 0 Å². The lowest BCUT2D eigenvalue weighted by molar-refractivity contribution is -0.384. The first kappa shape index (κ1) is 23.7. The van der Waals surface area contributed by atoms with Crippen LogP contribution in [0, 0.1) is 10.1 Å². The Hall–Kier alpha value is -3.42. The number of benzene rings is 3. The molecule has 7 heteroatoms. The van der Waals surface area contributed by atoms with E-state index in [0.717, 1.165) is 62.6 Å². The zero-order chi connectivity index (χ0) is 23.8. The van der Waals surface area contributed by atoms with Gasteiger partial charge in [0.15, 0.2) is 0 Å². The van der Waals surface area contributed by atoms with Gasteiger partial charge in [-0.1, -0.05) is 60.7 Å². The lowest BCUT2D eigenvalue weighted by Gasteiger charge is -2.36. The lowest BCUT2D eigenvalue weighted by atomic mass is 9.98. The second-order valence-corrected chi connectivity index (χ2v) is 8.53. The maximum atomic E-state index is 11.9. The molecule has 0 amide bonds. The predicted molar refractivity (Wildman–Crippen MR) is 137 cm³/mol. The molecular weight excluding hydrogens is 428 g/mol. The van der Waals surface area contributed by atoms with Crippen molar-refractivity contribution in [1.29, 1.82) is 0 Å². The van der Waals surface area contributed by atoms with Crippen molar-refractivity contribution in [3.8, 4) is 0 Å². The summed E-state index contributed by atoms with van der Waals surface area (Å²) in [5.41, 5.74) is 3.72. The molecule has 34 heavy (non-hydrogen) atoms. The number of nitrogens with zero attached hydrogens (tertiary/aromatic N) is 3. The fraction of sp³-hybridized carbons (Fsp3) is 0.333. The third-order valence-corrected chi connectivity index (χ3v) is 6.30. The van der Waals surface area contributed by atoms with Crippen molar-refractivity contribution in [2.75, 3.05) is 56.7 Å². The summed E-state index contributed by atoms with van der Waals surface area (Å²) >= 11 is 0. The molecule has 0 saturated carbocycles. The molecule has 0 bridgehead atoms. The van der Waals surface area contributed by atoms with Crippen LogP contribution < -0.4 is 10.2 Å². The Morgan fingerprint density at radius 2 is 1.56 bits per heavy atom.